The highest BCUT2D eigenvalue weighted by atomic mass is 19.4. The summed E-state index contributed by atoms with van der Waals surface area (Å²) in [4.78, 5) is 4.07. The molecule has 2 heterocycles. The van der Waals surface area contributed by atoms with Crippen LogP contribution in [0, 0.1) is 11.2 Å². The first-order valence-corrected chi connectivity index (χ1v) is 11.2. The zero-order chi connectivity index (χ0) is 23.9. The van der Waals surface area contributed by atoms with Crippen LogP contribution in [0.5, 0.6) is 0 Å². The Bertz CT molecular complexity index is 1060. The smallest absolute Gasteiger partial charge is 0.385 e. The van der Waals surface area contributed by atoms with Gasteiger partial charge >= 0.3 is 6.18 Å². The van der Waals surface area contributed by atoms with Crippen LogP contribution in [-0.2, 0) is 5.60 Å². The van der Waals surface area contributed by atoms with Gasteiger partial charge in [-0.3, -0.25) is 4.98 Å². The van der Waals surface area contributed by atoms with Gasteiger partial charge in [0.15, 0.2) is 0 Å². The maximum Gasteiger partial charge on any atom is 0.394 e. The summed E-state index contributed by atoms with van der Waals surface area (Å²) in [7, 11) is 0. The average Bonchev–Trinajstić information content (AvgIpc) is 3.55. The lowest BCUT2D eigenvalue weighted by Gasteiger charge is -2.26. The molecule has 1 saturated carbocycles. The van der Waals surface area contributed by atoms with Gasteiger partial charge in [-0.1, -0.05) is 35.9 Å². The Morgan fingerprint density at radius 3 is 2.36 bits per heavy atom. The van der Waals surface area contributed by atoms with Crippen molar-refractivity contribution in [3.8, 4) is 11.3 Å². The summed E-state index contributed by atoms with van der Waals surface area (Å²) in [6.07, 6.45) is 0.930. The van der Waals surface area contributed by atoms with Gasteiger partial charge in [0.2, 0.25) is 0 Å². The molecule has 3 nitrogen and oxygen atoms in total. The van der Waals surface area contributed by atoms with Gasteiger partial charge in [0, 0.05) is 23.4 Å². The number of benzene rings is 1. The molecule has 0 bridgehead atoms. The second-order valence-electron chi connectivity index (χ2n) is 9.47. The fourth-order valence-corrected chi connectivity index (χ4v) is 4.47. The van der Waals surface area contributed by atoms with Crippen LogP contribution in [0.15, 0.2) is 65.6 Å². The summed E-state index contributed by atoms with van der Waals surface area (Å²) in [5.41, 5.74) is 1.78. The number of allylic oxidation sites excluding steroid dienone is 3. The molecule has 2 aromatic rings. The molecule has 1 aliphatic heterocycles. The van der Waals surface area contributed by atoms with E-state index in [0.717, 1.165) is 28.7 Å². The Hall–Kier alpha value is -2.67. The number of pyridine rings is 1. The summed E-state index contributed by atoms with van der Waals surface area (Å²) >= 11 is 0. The van der Waals surface area contributed by atoms with Crippen molar-refractivity contribution >= 4 is 0 Å². The molecule has 1 aliphatic carbocycles. The number of hydrogen-bond acceptors (Lipinski definition) is 3. The number of hydrogen-bond donors (Lipinski definition) is 2. The number of halogens is 4. The third kappa shape index (κ3) is 5.13. The van der Waals surface area contributed by atoms with Crippen LogP contribution in [0.1, 0.15) is 57.9 Å². The average molecular weight is 461 g/mol. The van der Waals surface area contributed by atoms with E-state index >= 15 is 0 Å². The van der Waals surface area contributed by atoms with Crippen molar-refractivity contribution in [2.75, 3.05) is 0 Å². The van der Waals surface area contributed by atoms with Crippen molar-refractivity contribution in [1.29, 1.82) is 0 Å². The molecule has 33 heavy (non-hydrogen) atoms. The van der Waals surface area contributed by atoms with Crippen LogP contribution in [0.2, 0.25) is 0 Å². The van der Waals surface area contributed by atoms with E-state index in [-0.39, 0.29) is 19.3 Å². The minimum atomic E-state index is -4.16. The maximum atomic E-state index is 13.4. The Labute approximate surface area is 191 Å². The topological polar surface area (TPSA) is 45.2 Å². The molecule has 2 aliphatic rings. The molecule has 1 fully saturated rings. The van der Waals surface area contributed by atoms with E-state index in [1.54, 1.807) is 13.0 Å². The monoisotopic (exact) mass is 460 g/mol. The number of rotatable bonds is 6. The van der Waals surface area contributed by atoms with Crippen LogP contribution >= 0.6 is 0 Å². The third-order valence-electron chi connectivity index (χ3n) is 6.79. The van der Waals surface area contributed by atoms with E-state index in [1.807, 2.05) is 37.3 Å². The van der Waals surface area contributed by atoms with Crippen LogP contribution < -0.4 is 5.32 Å². The molecule has 4 rings (SSSR count). The predicted molar refractivity (Wildman–Crippen MR) is 119 cm³/mol. The number of alkyl halides is 3. The number of nitrogens with one attached hydrogen (secondary N) is 1. The van der Waals surface area contributed by atoms with Crippen molar-refractivity contribution in [1.82, 2.24) is 10.3 Å². The van der Waals surface area contributed by atoms with Crippen LogP contribution in [-0.4, -0.2) is 16.3 Å². The normalized spacial score (nSPS) is 19.9. The van der Waals surface area contributed by atoms with Gasteiger partial charge in [0.25, 0.3) is 0 Å². The third-order valence-corrected chi connectivity index (χ3v) is 6.79. The summed E-state index contributed by atoms with van der Waals surface area (Å²) < 4.78 is 53.3. The Kier molecular flexibility index (Phi) is 6.12. The highest BCUT2D eigenvalue weighted by molar-refractivity contribution is 5.59. The predicted octanol–water partition coefficient (Wildman–Crippen LogP) is 6.76. The molecule has 7 heteroatoms. The lowest BCUT2D eigenvalue weighted by Crippen LogP contribution is -2.27. The SMILES string of the molecule is CC1=C(CC2(C(F)(F)F)CC2)CCC=C(CC(C)(O)c2ccc(-c3ccc(F)cn3)cc2)N1. The Morgan fingerprint density at radius 2 is 1.79 bits per heavy atom. The summed E-state index contributed by atoms with van der Waals surface area (Å²) in [6, 6.07) is 10.2. The molecule has 1 unspecified atom stereocenters. The molecular weight excluding hydrogens is 432 g/mol. The molecule has 0 amide bonds. The van der Waals surface area contributed by atoms with Gasteiger partial charge in [-0.05, 0) is 63.6 Å². The summed E-state index contributed by atoms with van der Waals surface area (Å²) in [5, 5.41) is 14.4. The fourth-order valence-electron chi connectivity index (χ4n) is 4.47. The molecule has 1 atom stereocenters. The van der Waals surface area contributed by atoms with E-state index in [4.69, 9.17) is 0 Å². The first-order chi connectivity index (χ1) is 15.5. The Balaban J connectivity index is 1.45. The van der Waals surface area contributed by atoms with Crippen LogP contribution in [0.25, 0.3) is 11.3 Å². The zero-order valence-corrected chi connectivity index (χ0v) is 18.8. The van der Waals surface area contributed by atoms with E-state index in [9.17, 15) is 22.7 Å². The van der Waals surface area contributed by atoms with Gasteiger partial charge in [-0.25, -0.2) is 4.39 Å². The van der Waals surface area contributed by atoms with Crippen molar-refractivity contribution in [3.63, 3.8) is 0 Å². The van der Waals surface area contributed by atoms with Crippen molar-refractivity contribution in [2.45, 2.75) is 64.1 Å². The first-order valence-electron chi connectivity index (χ1n) is 11.2. The highest BCUT2D eigenvalue weighted by Crippen LogP contribution is 2.61. The molecular formula is C26H28F4N2O. The summed E-state index contributed by atoms with van der Waals surface area (Å²) in [5.74, 6) is -0.402. The van der Waals surface area contributed by atoms with E-state index < -0.39 is 23.0 Å². The quantitative estimate of drug-likeness (QED) is 0.468. The van der Waals surface area contributed by atoms with Gasteiger partial charge in [0.05, 0.1) is 22.9 Å². The van der Waals surface area contributed by atoms with E-state index in [0.29, 0.717) is 30.5 Å². The minimum absolute atomic E-state index is 0.0474. The Morgan fingerprint density at radius 1 is 1.09 bits per heavy atom. The van der Waals surface area contributed by atoms with Crippen LogP contribution in [0.3, 0.4) is 0 Å². The van der Waals surface area contributed by atoms with Crippen LogP contribution in [0.4, 0.5) is 17.6 Å². The van der Waals surface area contributed by atoms with Crippen molar-refractivity contribution in [2.24, 2.45) is 5.41 Å². The number of nitrogens with zero attached hydrogens (tertiary/aromatic N) is 1. The highest BCUT2D eigenvalue weighted by Gasteiger charge is 2.62. The molecule has 176 valence electrons. The first kappa shape index (κ1) is 23.5. The lowest BCUT2D eigenvalue weighted by molar-refractivity contribution is -0.186. The number of aromatic nitrogens is 1. The molecule has 2 N–H and O–H groups in total. The van der Waals surface area contributed by atoms with E-state index in [1.165, 1.54) is 6.07 Å². The van der Waals surface area contributed by atoms with Crippen molar-refractivity contribution < 1.29 is 22.7 Å². The van der Waals surface area contributed by atoms with Gasteiger partial charge in [-0.15, -0.1) is 0 Å². The van der Waals surface area contributed by atoms with Gasteiger partial charge < -0.3 is 10.4 Å². The standard InChI is InChI=1S/C26H28F4N2O/c1-17-19(14-25(12-13-25)26(28,29)30)4-3-5-22(32-17)15-24(2,33)20-8-6-18(7-9-20)23-11-10-21(27)16-31-23/h5-11,16,32-33H,3-4,12-15H2,1-2H3. The van der Waals surface area contributed by atoms with E-state index in [2.05, 4.69) is 10.3 Å². The molecule has 1 aromatic carbocycles. The fraction of sp³-hybridized carbons (Fsp3) is 0.423. The summed E-state index contributed by atoms with van der Waals surface area (Å²) in [6.45, 7) is 3.54. The second kappa shape index (κ2) is 8.60. The number of aliphatic hydroxyl groups is 1. The molecule has 1 aromatic heterocycles. The molecule has 0 spiro atoms. The minimum Gasteiger partial charge on any atom is -0.385 e. The molecule has 0 saturated heterocycles. The largest absolute Gasteiger partial charge is 0.394 e. The maximum absolute atomic E-state index is 13.4. The van der Waals surface area contributed by atoms with Gasteiger partial charge in [0.1, 0.15) is 5.82 Å². The second-order valence-corrected chi connectivity index (χ2v) is 9.47. The lowest BCUT2D eigenvalue weighted by atomic mass is 9.90. The zero-order valence-electron chi connectivity index (χ0n) is 18.8. The van der Waals surface area contributed by atoms with Crippen molar-refractivity contribution in [3.05, 3.63) is 77.0 Å². The van der Waals surface area contributed by atoms with Gasteiger partial charge in [-0.2, -0.15) is 13.2 Å². The molecule has 0 radical (unpaired) electrons.